The van der Waals surface area contributed by atoms with Gasteiger partial charge < -0.3 is 9.47 Å². The Bertz CT molecular complexity index is 994. The minimum absolute atomic E-state index is 0.101. The molecule has 3 rings (SSSR count). The largest absolute Gasteiger partial charge is 0.492 e. The lowest BCUT2D eigenvalue weighted by molar-refractivity contribution is 0.0933. The van der Waals surface area contributed by atoms with E-state index >= 15 is 0 Å². The molecule has 29 heavy (non-hydrogen) atoms. The summed E-state index contributed by atoms with van der Waals surface area (Å²) in [6.45, 7) is 10.4. The highest BCUT2D eigenvalue weighted by molar-refractivity contribution is 6.00. The first-order chi connectivity index (χ1) is 14.0. The molecule has 4 nitrogen and oxygen atoms in total. The second-order valence-electron chi connectivity index (χ2n) is 7.29. The maximum Gasteiger partial charge on any atom is 0.170 e. The van der Waals surface area contributed by atoms with Crippen LogP contribution in [0.4, 0.5) is 0 Å². The van der Waals surface area contributed by atoms with Crippen LogP contribution in [0.15, 0.2) is 60.7 Å². The van der Waals surface area contributed by atoms with Crippen LogP contribution in [-0.4, -0.2) is 12.4 Å². The number of hydrogen-bond donors (Lipinski definition) is 0. The van der Waals surface area contributed by atoms with E-state index in [9.17, 15) is 4.79 Å². The number of allylic oxidation sites excluding steroid dienone is 1. The number of ether oxygens (including phenoxy) is 2. The van der Waals surface area contributed by atoms with Crippen LogP contribution in [0, 0.1) is 11.3 Å². The molecular formula is C25H25NO3. The van der Waals surface area contributed by atoms with Gasteiger partial charge >= 0.3 is 0 Å². The van der Waals surface area contributed by atoms with Crippen molar-refractivity contribution in [3.8, 4) is 17.6 Å². The molecule has 1 aliphatic rings. The van der Waals surface area contributed by atoms with Gasteiger partial charge in [-0.15, -0.1) is 0 Å². The Balaban J connectivity index is 2.08. The van der Waals surface area contributed by atoms with Crippen LogP contribution in [0.1, 0.15) is 66.3 Å². The summed E-state index contributed by atoms with van der Waals surface area (Å²) in [4.78, 5) is 12.3. The average molecular weight is 387 g/mol. The summed E-state index contributed by atoms with van der Waals surface area (Å²) in [7, 11) is 0. The Morgan fingerprint density at radius 2 is 2.00 bits per heavy atom. The van der Waals surface area contributed by atoms with Crippen molar-refractivity contribution in [3.63, 3.8) is 0 Å². The van der Waals surface area contributed by atoms with Crippen molar-refractivity contribution in [2.75, 3.05) is 6.61 Å². The zero-order chi connectivity index (χ0) is 21.0. The molecule has 0 N–H and O–H groups in total. The lowest BCUT2D eigenvalue weighted by atomic mass is 9.94. The van der Waals surface area contributed by atoms with Crippen LogP contribution < -0.4 is 9.47 Å². The highest BCUT2D eigenvalue weighted by Gasteiger charge is 2.25. The molecule has 0 amide bonds. The number of nitrogens with zero attached hydrogens (tertiary/aromatic N) is 1. The molecule has 0 bridgehead atoms. The zero-order valence-electron chi connectivity index (χ0n) is 17.1. The molecule has 148 valence electrons. The van der Waals surface area contributed by atoms with Gasteiger partial charge in [-0.1, -0.05) is 44.7 Å². The molecule has 1 unspecified atom stereocenters. The predicted octanol–water partition coefficient (Wildman–Crippen LogP) is 5.90. The fourth-order valence-electron chi connectivity index (χ4n) is 3.42. The SMILES string of the molecule is C=C/C(=C\C)C(Oc1cc2c(cc1C(C)C)C(=O)CCO2)c1ccc(C#N)cc1. The van der Waals surface area contributed by atoms with E-state index in [2.05, 4.69) is 26.5 Å². The minimum atomic E-state index is -0.389. The Kier molecular flexibility index (Phi) is 6.19. The van der Waals surface area contributed by atoms with Crippen LogP contribution in [-0.2, 0) is 0 Å². The number of Topliss-reactive ketones (excluding diaryl/α,β-unsaturated/α-hetero) is 1. The number of nitriles is 1. The zero-order valence-corrected chi connectivity index (χ0v) is 17.1. The number of rotatable bonds is 6. The number of hydrogen-bond acceptors (Lipinski definition) is 4. The van der Waals surface area contributed by atoms with E-state index in [1.54, 1.807) is 18.2 Å². The number of benzene rings is 2. The molecule has 0 saturated carbocycles. The van der Waals surface area contributed by atoms with Crippen molar-refractivity contribution in [2.45, 2.75) is 39.2 Å². The molecule has 0 radical (unpaired) electrons. The molecule has 0 aromatic heterocycles. The van der Waals surface area contributed by atoms with Crippen LogP contribution >= 0.6 is 0 Å². The van der Waals surface area contributed by atoms with Gasteiger partial charge in [0.1, 0.15) is 17.6 Å². The summed E-state index contributed by atoms with van der Waals surface area (Å²) in [5, 5.41) is 9.09. The molecule has 2 aromatic rings. The Morgan fingerprint density at radius 1 is 1.28 bits per heavy atom. The summed E-state index contributed by atoms with van der Waals surface area (Å²) < 4.78 is 12.2. The van der Waals surface area contributed by atoms with Gasteiger partial charge in [-0.25, -0.2) is 0 Å². The fourth-order valence-corrected chi connectivity index (χ4v) is 3.42. The van der Waals surface area contributed by atoms with Gasteiger partial charge in [0.15, 0.2) is 5.78 Å². The number of carbonyl (C=O) groups excluding carboxylic acids is 1. The van der Waals surface area contributed by atoms with Gasteiger partial charge in [-0.05, 0) is 47.7 Å². The number of ketones is 1. The summed E-state index contributed by atoms with van der Waals surface area (Å²) in [5.74, 6) is 1.52. The number of fused-ring (bicyclic) bond motifs is 1. The van der Waals surface area contributed by atoms with E-state index in [1.807, 2.05) is 37.3 Å². The third-order valence-corrected chi connectivity index (χ3v) is 5.08. The topological polar surface area (TPSA) is 59.3 Å². The monoisotopic (exact) mass is 387 g/mol. The van der Waals surface area contributed by atoms with Gasteiger partial charge in [0, 0.05) is 12.5 Å². The van der Waals surface area contributed by atoms with E-state index in [4.69, 9.17) is 14.7 Å². The van der Waals surface area contributed by atoms with Crippen LogP contribution in [0.3, 0.4) is 0 Å². The normalized spacial score (nSPS) is 14.6. The Morgan fingerprint density at radius 3 is 2.59 bits per heavy atom. The average Bonchev–Trinajstić information content (AvgIpc) is 2.73. The molecule has 1 heterocycles. The van der Waals surface area contributed by atoms with Crippen LogP contribution in [0.5, 0.6) is 11.5 Å². The van der Waals surface area contributed by atoms with Crippen LogP contribution in [0.2, 0.25) is 0 Å². The second kappa shape index (κ2) is 8.79. The Hall–Kier alpha value is -3.32. The van der Waals surface area contributed by atoms with Gasteiger partial charge in [0.25, 0.3) is 0 Å². The second-order valence-corrected chi connectivity index (χ2v) is 7.29. The summed E-state index contributed by atoms with van der Waals surface area (Å²) in [5.41, 5.74) is 4.01. The highest BCUT2D eigenvalue weighted by Crippen LogP contribution is 2.39. The summed E-state index contributed by atoms with van der Waals surface area (Å²) in [6.07, 6.45) is 3.75. The van der Waals surface area contributed by atoms with E-state index < -0.39 is 0 Å². The van der Waals surface area contributed by atoms with Crippen molar-refractivity contribution < 1.29 is 14.3 Å². The molecular weight excluding hydrogens is 362 g/mol. The van der Waals surface area contributed by atoms with Crippen molar-refractivity contribution in [2.24, 2.45) is 0 Å². The Labute approximate surface area is 172 Å². The van der Waals surface area contributed by atoms with Crippen molar-refractivity contribution >= 4 is 5.78 Å². The quantitative estimate of drug-likeness (QED) is 0.579. The van der Waals surface area contributed by atoms with Crippen molar-refractivity contribution in [1.29, 1.82) is 5.26 Å². The third-order valence-electron chi connectivity index (χ3n) is 5.08. The molecule has 0 fully saturated rings. The molecule has 1 aliphatic heterocycles. The smallest absolute Gasteiger partial charge is 0.170 e. The molecule has 0 spiro atoms. The van der Waals surface area contributed by atoms with E-state index in [1.165, 1.54) is 0 Å². The van der Waals surface area contributed by atoms with E-state index in [0.29, 0.717) is 35.7 Å². The molecule has 2 aromatic carbocycles. The highest BCUT2D eigenvalue weighted by atomic mass is 16.5. The lowest BCUT2D eigenvalue weighted by Crippen LogP contribution is -2.17. The standard InChI is InChI=1S/C25H25NO3/c1-5-18(6-2)25(19-9-7-17(15-26)8-10-19)29-24-14-23-21(13-20(24)16(3)4)22(27)11-12-28-23/h5-10,13-14,16,25H,1,11-12H2,2-4H3/b18-6+. The minimum Gasteiger partial charge on any atom is -0.492 e. The molecule has 0 saturated heterocycles. The predicted molar refractivity (Wildman–Crippen MR) is 113 cm³/mol. The van der Waals surface area contributed by atoms with Gasteiger partial charge in [0.2, 0.25) is 0 Å². The number of carbonyl (C=O) groups is 1. The lowest BCUT2D eigenvalue weighted by Gasteiger charge is -2.26. The van der Waals surface area contributed by atoms with Crippen molar-refractivity contribution in [3.05, 3.63) is 83.0 Å². The van der Waals surface area contributed by atoms with Gasteiger partial charge in [-0.3, -0.25) is 4.79 Å². The molecule has 1 atom stereocenters. The first-order valence-electron chi connectivity index (χ1n) is 9.77. The fraction of sp³-hybridized carbons (Fsp3) is 0.280. The first kappa shape index (κ1) is 20.4. The summed E-state index contributed by atoms with van der Waals surface area (Å²) in [6, 6.07) is 13.2. The maximum absolute atomic E-state index is 12.3. The van der Waals surface area contributed by atoms with Crippen LogP contribution in [0.25, 0.3) is 0 Å². The molecule has 0 aliphatic carbocycles. The van der Waals surface area contributed by atoms with E-state index in [0.717, 1.165) is 16.7 Å². The molecule has 4 heteroatoms. The van der Waals surface area contributed by atoms with E-state index in [-0.39, 0.29) is 17.8 Å². The third kappa shape index (κ3) is 4.25. The summed E-state index contributed by atoms with van der Waals surface area (Å²) >= 11 is 0. The first-order valence-corrected chi connectivity index (χ1v) is 9.77. The van der Waals surface area contributed by atoms with Gasteiger partial charge in [-0.2, -0.15) is 5.26 Å². The van der Waals surface area contributed by atoms with Gasteiger partial charge in [0.05, 0.1) is 23.8 Å². The maximum atomic E-state index is 12.3. The van der Waals surface area contributed by atoms with Crippen molar-refractivity contribution in [1.82, 2.24) is 0 Å².